The van der Waals surface area contributed by atoms with Gasteiger partial charge >= 0.3 is 0 Å². The quantitative estimate of drug-likeness (QED) is 0.728. The van der Waals surface area contributed by atoms with Gasteiger partial charge in [0.25, 0.3) is 5.91 Å². The van der Waals surface area contributed by atoms with E-state index in [9.17, 15) is 4.79 Å². The third-order valence-corrected chi connectivity index (χ3v) is 2.07. The van der Waals surface area contributed by atoms with Crippen molar-refractivity contribution < 1.29 is 4.79 Å². The van der Waals surface area contributed by atoms with Crippen LogP contribution in [0.4, 0.5) is 0 Å². The van der Waals surface area contributed by atoms with Gasteiger partial charge in [0.15, 0.2) is 0 Å². The molecule has 0 saturated carbocycles. The molecule has 2 rings (SSSR count). The molecule has 2 heterocycles. The van der Waals surface area contributed by atoms with E-state index in [0.29, 0.717) is 11.2 Å². The molecule has 0 aromatic carbocycles. The van der Waals surface area contributed by atoms with Crippen LogP contribution in [-0.2, 0) is 0 Å². The molecule has 1 amide bonds. The summed E-state index contributed by atoms with van der Waals surface area (Å²) in [5.41, 5.74) is 8.22. The van der Waals surface area contributed by atoms with E-state index in [1.807, 2.05) is 30.6 Å². The zero-order chi connectivity index (χ0) is 10.3. The molecular weight excluding hydrogens is 178 g/mol. The summed E-state index contributed by atoms with van der Waals surface area (Å²) in [7, 11) is 0. The predicted molar refractivity (Wildman–Crippen MR) is 53.2 cm³/mol. The molecule has 0 saturated heterocycles. The number of aryl methyl sites for hydroxylation is 2. The van der Waals surface area contributed by atoms with E-state index < -0.39 is 5.91 Å². The van der Waals surface area contributed by atoms with Crippen LogP contribution < -0.4 is 5.73 Å². The topological polar surface area (TPSA) is 60.4 Å². The normalized spacial score (nSPS) is 10.7. The first-order chi connectivity index (χ1) is 6.58. The number of hydrogen-bond donors (Lipinski definition) is 1. The van der Waals surface area contributed by atoms with Crippen LogP contribution in [-0.4, -0.2) is 15.3 Å². The molecule has 14 heavy (non-hydrogen) atoms. The number of pyridine rings is 1. The fourth-order valence-electron chi connectivity index (χ4n) is 1.54. The van der Waals surface area contributed by atoms with Gasteiger partial charge in [-0.15, -0.1) is 0 Å². The molecule has 2 aromatic heterocycles. The SMILES string of the molecule is Cc1cc(C(N)=O)c2nc(C)cn2c1. The van der Waals surface area contributed by atoms with Crippen LogP contribution in [0.15, 0.2) is 18.5 Å². The van der Waals surface area contributed by atoms with E-state index in [1.165, 1.54) is 0 Å². The number of primary amides is 1. The summed E-state index contributed by atoms with van der Waals surface area (Å²) in [6.07, 6.45) is 3.79. The van der Waals surface area contributed by atoms with Crippen LogP contribution in [0, 0.1) is 13.8 Å². The summed E-state index contributed by atoms with van der Waals surface area (Å²) in [5.74, 6) is -0.440. The fraction of sp³-hybridized carbons (Fsp3) is 0.200. The largest absolute Gasteiger partial charge is 0.365 e. The number of fused-ring (bicyclic) bond motifs is 1. The van der Waals surface area contributed by atoms with Crippen molar-refractivity contribution in [1.82, 2.24) is 9.38 Å². The molecule has 0 unspecified atom stereocenters. The summed E-state index contributed by atoms with van der Waals surface area (Å²) in [6.45, 7) is 3.80. The second-order valence-corrected chi connectivity index (χ2v) is 3.41. The molecule has 2 N–H and O–H groups in total. The molecule has 4 heteroatoms. The minimum atomic E-state index is -0.440. The molecular formula is C10H11N3O. The Kier molecular flexibility index (Phi) is 1.77. The maximum atomic E-state index is 11.1. The molecule has 2 aromatic rings. The molecule has 0 bridgehead atoms. The summed E-state index contributed by atoms with van der Waals surface area (Å²) >= 11 is 0. The van der Waals surface area contributed by atoms with E-state index in [1.54, 1.807) is 6.07 Å². The Hall–Kier alpha value is -1.84. The van der Waals surface area contributed by atoms with Gasteiger partial charge in [0, 0.05) is 12.4 Å². The smallest absolute Gasteiger partial charge is 0.252 e. The molecule has 0 aliphatic carbocycles. The molecule has 0 atom stereocenters. The highest BCUT2D eigenvalue weighted by molar-refractivity contribution is 5.98. The van der Waals surface area contributed by atoms with Crippen molar-refractivity contribution in [2.24, 2.45) is 5.73 Å². The summed E-state index contributed by atoms with van der Waals surface area (Å²) in [4.78, 5) is 15.4. The van der Waals surface area contributed by atoms with Gasteiger partial charge in [0.1, 0.15) is 5.65 Å². The predicted octanol–water partition coefficient (Wildman–Crippen LogP) is 1.05. The summed E-state index contributed by atoms with van der Waals surface area (Å²) in [6, 6.07) is 1.75. The van der Waals surface area contributed by atoms with E-state index in [0.717, 1.165) is 11.3 Å². The van der Waals surface area contributed by atoms with Crippen LogP contribution in [0.25, 0.3) is 5.65 Å². The number of nitrogens with two attached hydrogens (primary N) is 1. The molecule has 0 radical (unpaired) electrons. The number of nitrogens with zero attached hydrogens (tertiary/aromatic N) is 2. The Balaban J connectivity index is 2.85. The van der Waals surface area contributed by atoms with Gasteiger partial charge in [-0.25, -0.2) is 4.98 Å². The Labute approximate surface area is 81.4 Å². The summed E-state index contributed by atoms with van der Waals surface area (Å²) < 4.78 is 1.82. The highest BCUT2D eigenvalue weighted by Gasteiger charge is 2.09. The molecule has 0 spiro atoms. The van der Waals surface area contributed by atoms with E-state index >= 15 is 0 Å². The Bertz CT molecular complexity index is 513. The van der Waals surface area contributed by atoms with Crippen molar-refractivity contribution in [1.29, 1.82) is 0 Å². The number of carbonyl (C=O) groups excluding carboxylic acids is 1. The second-order valence-electron chi connectivity index (χ2n) is 3.41. The average molecular weight is 189 g/mol. The first-order valence-electron chi connectivity index (χ1n) is 4.33. The number of aromatic nitrogens is 2. The molecule has 0 aliphatic rings. The van der Waals surface area contributed by atoms with Crippen LogP contribution in [0.1, 0.15) is 21.6 Å². The van der Waals surface area contributed by atoms with Crippen LogP contribution in [0.5, 0.6) is 0 Å². The van der Waals surface area contributed by atoms with Crippen LogP contribution in [0.3, 0.4) is 0 Å². The third kappa shape index (κ3) is 1.25. The van der Waals surface area contributed by atoms with Crippen molar-refractivity contribution in [2.45, 2.75) is 13.8 Å². The van der Waals surface area contributed by atoms with Gasteiger partial charge in [-0.2, -0.15) is 0 Å². The maximum Gasteiger partial charge on any atom is 0.252 e. The van der Waals surface area contributed by atoms with Crippen molar-refractivity contribution in [3.8, 4) is 0 Å². The number of rotatable bonds is 1. The van der Waals surface area contributed by atoms with Crippen molar-refractivity contribution >= 4 is 11.6 Å². The lowest BCUT2D eigenvalue weighted by Crippen LogP contribution is -2.13. The zero-order valence-electron chi connectivity index (χ0n) is 8.11. The van der Waals surface area contributed by atoms with Gasteiger partial charge in [-0.1, -0.05) is 0 Å². The van der Waals surface area contributed by atoms with Crippen LogP contribution in [0.2, 0.25) is 0 Å². The Morgan fingerprint density at radius 2 is 2.14 bits per heavy atom. The van der Waals surface area contributed by atoms with Gasteiger partial charge in [0.05, 0.1) is 11.3 Å². The van der Waals surface area contributed by atoms with Crippen LogP contribution >= 0.6 is 0 Å². The lowest BCUT2D eigenvalue weighted by atomic mass is 10.2. The maximum absolute atomic E-state index is 11.1. The monoisotopic (exact) mass is 189 g/mol. The van der Waals surface area contributed by atoms with Gasteiger partial charge in [0.2, 0.25) is 0 Å². The standard InChI is InChI=1S/C10H11N3O/c1-6-3-8(9(11)14)10-12-7(2)5-13(10)4-6/h3-5H,1-2H3,(H2,11,14). The van der Waals surface area contributed by atoms with Crippen molar-refractivity contribution in [3.05, 3.63) is 35.3 Å². The minimum absolute atomic E-state index is 0.440. The number of hydrogen-bond acceptors (Lipinski definition) is 2. The first kappa shape index (κ1) is 8.74. The van der Waals surface area contributed by atoms with Crippen molar-refractivity contribution in [3.63, 3.8) is 0 Å². The molecule has 72 valence electrons. The number of carbonyl (C=O) groups is 1. The van der Waals surface area contributed by atoms with Gasteiger partial charge in [-0.05, 0) is 25.5 Å². The lowest BCUT2D eigenvalue weighted by Gasteiger charge is -2.01. The second kappa shape index (κ2) is 2.83. The Morgan fingerprint density at radius 3 is 2.79 bits per heavy atom. The summed E-state index contributed by atoms with van der Waals surface area (Å²) in [5, 5.41) is 0. The molecule has 0 aliphatic heterocycles. The van der Waals surface area contributed by atoms with Crippen molar-refractivity contribution in [2.75, 3.05) is 0 Å². The molecule has 0 fully saturated rings. The van der Waals surface area contributed by atoms with Gasteiger partial charge in [-0.3, -0.25) is 4.79 Å². The number of amides is 1. The molecule has 4 nitrogen and oxygen atoms in total. The zero-order valence-corrected chi connectivity index (χ0v) is 8.11. The first-order valence-corrected chi connectivity index (χ1v) is 4.33. The van der Waals surface area contributed by atoms with Gasteiger partial charge < -0.3 is 10.1 Å². The van der Waals surface area contributed by atoms with E-state index in [4.69, 9.17) is 5.73 Å². The Morgan fingerprint density at radius 1 is 1.43 bits per heavy atom. The average Bonchev–Trinajstić information content (AvgIpc) is 2.42. The van der Waals surface area contributed by atoms with E-state index in [2.05, 4.69) is 4.98 Å². The fourth-order valence-corrected chi connectivity index (χ4v) is 1.54. The highest BCUT2D eigenvalue weighted by Crippen LogP contribution is 2.12. The minimum Gasteiger partial charge on any atom is -0.365 e. The number of imidazole rings is 1. The third-order valence-electron chi connectivity index (χ3n) is 2.07. The highest BCUT2D eigenvalue weighted by atomic mass is 16.1. The lowest BCUT2D eigenvalue weighted by molar-refractivity contribution is 0.100. The van der Waals surface area contributed by atoms with E-state index in [-0.39, 0.29) is 0 Å².